The standard InChI is InChI=1S/C8H16N4O2/c1-11(6-7(9)13)8(14)12-4-2-10-3-5-12/h10H,2-6H2,1H3,(H2,9,13). The molecule has 0 bridgehead atoms. The van der Waals surface area contributed by atoms with Crippen LogP contribution in [0.3, 0.4) is 0 Å². The molecule has 0 atom stereocenters. The molecule has 0 aromatic carbocycles. The summed E-state index contributed by atoms with van der Waals surface area (Å²) in [6.45, 7) is 2.94. The lowest BCUT2D eigenvalue weighted by atomic mass is 10.4. The molecule has 1 fully saturated rings. The minimum Gasteiger partial charge on any atom is -0.368 e. The third kappa shape index (κ3) is 2.88. The van der Waals surface area contributed by atoms with E-state index < -0.39 is 5.91 Å². The third-order valence-electron chi connectivity index (χ3n) is 2.11. The normalized spacial score (nSPS) is 16.5. The summed E-state index contributed by atoms with van der Waals surface area (Å²) in [5, 5.41) is 3.15. The summed E-state index contributed by atoms with van der Waals surface area (Å²) in [7, 11) is 1.58. The molecule has 0 aromatic rings. The van der Waals surface area contributed by atoms with Crippen LogP contribution in [-0.2, 0) is 4.79 Å². The molecule has 1 saturated heterocycles. The number of carbonyl (C=O) groups excluding carboxylic acids is 2. The third-order valence-corrected chi connectivity index (χ3v) is 2.11. The smallest absolute Gasteiger partial charge is 0.320 e. The number of nitrogens with one attached hydrogen (secondary N) is 1. The molecule has 6 heteroatoms. The zero-order valence-electron chi connectivity index (χ0n) is 8.32. The molecular formula is C8H16N4O2. The Morgan fingerprint density at radius 2 is 2.00 bits per heavy atom. The van der Waals surface area contributed by atoms with Crippen molar-refractivity contribution in [2.45, 2.75) is 0 Å². The van der Waals surface area contributed by atoms with Crippen LogP contribution in [0.25, 0.3) is 0 Å². The van der Waals surface area contributed by atoms with Crippen LogP contribution in [0.4, 0.5) is 4.79 Å². The Balaban J connectivity index is 2.42. The first-order chi connectivity index (χ1) is 6.61. The van der Waals surface area contributed by atoms with Crippen molar-refractivity contribution in [1.29, 1.82) is 0 Å². The van der Waals surface area contributed by atoms with Crippen molar-refractivity contribution in [1.82, 2.24) is 15.1 Å². The van der Waals surface area contributed by atoms with Gasteiger partial charge >= 0.3 is 6.03 Å². The summed E-state index contributed by atoms with van der Waals surface area (Å²) < 4.78 is 0. The van der Waals surface area contributed by atoms with Crippen molar-refractivity contribution < 1.29 is 9.59 Å². The van der Waals surface area contributed by atoms with E-state index in [-0.39, 0.29) is 12.6 Å². The Hall–Kier alpha value is -1.30. The molecule has 14 heavy (non-hydrogen) atoms. The lowest BCUT2D eigenvalue weighted by molar-refractivity contribution is -0.118. The summed E-state index contributed by atoms with van der Waals surface area (Å²) in [6, 6.07) is -0.134. The van der Waals surface area contributed by atoms with Crippen molar-refractivity contribution >= 4 is 11.9 Å². The van der Waals surface area contributed by atoms with Gasteiger partial charge in [-0.3, -0.25) is 4.79 Å². The van der Waals surface area contributed by atoms with Crippen molar-refractivity contribution in [3.63, 3.8) is 0 Å². The van der Waals surface area contributed by atoms with Crippen LogP contribution in [0.2, 0.25) is 0 Å². The number of piperazine rings is 1. The van der Waals surface area contributed by atoms with Gasteiger partial charge in [-0.15, -0.1) is 0 Å². The van der Waals surface area contributed by atoms with Crippen LogP contribution in [0.5, 0.6) is 0 Å². The van der Waals surface area contributed by atoms with E-state index in [1.165, 1.54) is 4.90 Å². The highest BCUT2D eigenvalue weighted by atomic mass is 16.2. The van der Waals surface area contributed by atoms with Crippen molar-refractivity contribution in [3.05, 3.63) is 0 Å². The maximum Gasteiger partial charge on any atom is 0.320 e. The van der Waals surface area contributed by atoms with Crippen molar-refractivity contribution in [3.8, 4) is 0 Å². The monoisotopic (exact) mass is 200 g/mol. The maximum atomic E-state index is 11.6. The first-order valence-electron chi connectivity index (χ1n) is 4.60. The summed E-state index contributed by atoms with van der Waals surface area (Å²) in [5.41, 5.74) is 5.00. The van der Waals surface area contributed by atoms with Gasteiger partial charge in [-0.2, -0.15) is 0 Å². The molecule has 0 radical (unpaired) electrons. The van der Waals surface area contributed by atoms with Crippen LogP contribution < -0.4 is 11.1 Å². The number of hydrogen-bond acceptors (Lipinski definition) is 3. The van der Waals surface area contributed by atoms with Crippen LogP contribution in [0.1, 0.15) is 0 Å². The quantitative estimate of drug-likeness (QED) is 0.565. The minimum absolute atomic E-state index is 0.0250. The predicted octanol–water partition coefficient (Wildman–Crippen LogP) is -1.57. The Morgan fingerprint density at radius 3 is 2.50 bits per heavy atom. The first-order valence-corrected chi connectivity index (χ1v) is 4.60. The van der Waals surface area contributed by atoms with E-state index in [0.717, 1.165) is 13.1 Å². The fourth-order valence-corrected chi connectivity index (χ4v) is 1.40. The molecular weight excluding hydrogens is 184 g/mol. The second-order valence-electron chi connectivity index (χ2n) is 3.34. The highest BCUT2D eigenvalue weighted by Gasteiger charge is 2.20. The van der Waals surface area contributed by atoms with E-state index in [1.807, 2.05) is 0 Å². The number of carbonyl (C=O) groups is 2. The minimum atomic E-state index is -0.490. The van der Waals surface area contributed by atoms with Crippen LogP contribution in [0, 0.1) is 0 Å². The van der Waals surface area contributed by atoms with Crippen LogP contribution in [-0.4, -0.2) is 61.5 Å². The fourth-order valence-electron chi connectivity index (χ4n) is 1.40. The number of rotatable bonds is 2. The number of hydrogen-bond donors (Lipinski definition) is 2. The summed E-state index contributed by atoms with van der Waals surface area (Å²) in [6.07, 6.45) is 0. The van der Waals surface area contributed by atoms with Gasteiger partial charge in [-0.25, -0.2) is 4.79 Å². The van der Waals surface area contributed by atoms with Gasteiger partial charge < -0.3 is 20.9 Å². The highest BCUT2D eigenvalue weighted by Crippen LogP contribution is 1.98. The maximum absolute atomic E-state index is 11.6. The van der Waals surface area contributed by atoms with Gasteiger partial charge in [0.25, 0.3) is 0 Å². The molecule has 0 spiro atoms. The molecule has 1 rings (SSSR count). The van der Waals surface area contributed by atoms with E-state index in [4.69, 9.17) is 5.73 Å². The summed E-state index contributed by atoms with van der Waals surface area (Å²) in [4.78, 5) is 25.3. The van der Waals surface area contributed by atoms with Gasteiger partial charge in [0, 0.05) is 33.2 Å². The highest BCUT2D eigenvalue weighted by molar-refractivity contribution is 5.82. The largest absolute Gasteiger partial charge is 0.368 e. The first kappa shape index (κ1) is 10.8. The van der Waals surface area contributed by atoms with Crippen LogP contribution >= 0.6 is 0 Å². The lowest BCUT2D eigenvalue weighted by Gasteiger charge is -2.30. The summed E-state index contributed by atoms with van der Waals surface area (Å²) >= 11 is 0. The van der Waals surface area contributed by atoms with E-state index in [2.05, 4.69) is 5.32 Å². The molecule has 0 aliphatic carbocycles. The second kappa shape index (κ2) is 4.80. The zero-order valence-corrected chi connectivity index (χ0v) is 8.32. The average molecular weight is 200 g/mol. The van der Waals surface area contributed by atoms with Gasteiger partial charge in [-0.05, 0) is 0 Å². The molecule has 1 aliphatic rings. The zero-order chi connectivity index (χ0) is 10.6. The number of urea groups is 1. The van der Waals surface area contributed by atoms with Gasteiger partial charge in [0.05, 0.1) is 0 Å². The van der Waals surface area contributed by atoms with Crippen molar-refractivity contribution in [2.24, 2.45) is 5.73 Å². The molecule has 0 saturated carbocycles. The number of likely N-dealkylation sites (N-methyl/N-ethyl adjacent to an activating group) is 1. The van der Waals surface area contributed by atoms with Crippen molar-refractivity contribution in [2.75, 3.05) is 39.8 Å². The molecule has 0 aromatic heterocycles. The topological polar surface area (TPSA) is 78.7 Å². The second-order valence-corrected chi connectivity index (χ2v) is 3.34. The Kier molecular flexibility index (Phi) is 3.70. The average Bonchev–Trinajstić information content (AvgIpc) is 2.17. The van der Waals surface area contributed by atoms with Gasteiger partial charge in [0.15, 0.2) is 0 Å². The number of primary amides is 1. The molecule has 0 unspecified atom stereocenters. The number of amides is 3. The number of nitrogens with zero attached hydrogens (tertiary/aromatic N) is 2. The van der Waals surface area contributed by atoms with Gasteiger partial charge in [0.2, 0.25) is 5.91 Å². The number of nitrogens with two attached hydrogens (primary N) is 1. The molecule has 1 aliphatic heterocycles. The van der Waals surface area contributed by atoms with E-state index >= 15 is 0 Å². The SMILES string of the molecule is CN(CC(N)=O)C(=O)N1CCNCC1. The molecule has 3 amide bonds. The van der Waals surface area contributed by atoms with Gasteiger partial charge in [0.1, 0.15) is 6.54 Å². The molecule has 80 valence electrons. The fraction of sp³-hybridized carbons (Fsp3) is 0.750. The predicted molar refractivity (Wildman–Crippen MR) is 51.7 cm³/mol. The molecule has 3 N–H and O–H groups in total. The summed E-state index contributed by atoms with van der Waals surface area (Å²) in [5.74, 6) is -0.490. The Bertz CT molecular complexity index is 225. The Morgan fingerprint density at radius 1 is 1.43 bits per heavy atom. The molecule has 6 nitrogen and oxygen atoms in total. The Labute approximate surface area is 83.0 Å². The van der Waals surface area contributed by atoms with Crippen LogP contribution in [0.15, 0.2) is 0 Å². The lowest BCUT2D eigenvalue weighted by Crippen LogP contribution is -2.51. The van der Waals surface area contributed by atoms with E-state index in [1.54, 1.807) is 11.9 Å². The van der Waals surface area contributed by atoms with E-state index in [9.17, 15) is 9.59 Å². The molecule has 1 heterocycles. The van der Waals surface area contributed by atoms with E-state index in [0.29, 0.717) is 13.1 Å². The van der Waals surface area contributed by atoms with Gasteiger partial charge in [-0.1, -0.05) is 0 Å².